The zero-order valence-corrected chi connectivity index (χ0v) is 82.9. The molecule has 0 aromatic heterocycles. The quantitative estimate of drug-likeness (QED) is 0.0153. The minimum absolute atomic E-state index is 0.00150. The van der Waals surface area contributed by atoms with E-state index < -0.39 is 210 Å². The van der Waals surface area contributed by atoms with Gasteiger partial charge in [0.15, 0.2) is 47.7 Å². The Balaban J connectivity index is 1.33. The van der Waals surface area contributed by atoms with Gasteiger partial charge in [0, 0.05) is 85.1 Å². The number of nitrogens with one attached hydrogen (secondary N) is 26. The Morgan fingerprint density at radius 2 is 0.542 bits per heavy atom. The lowest BCUT2D eigenvalue weighted by Gasteiger charge is -2.33. The average molecular weight is 2040 g/mol. The van der Waals surface area contributed by atoms with Gasteiger partial charge in [-0.1, -0.05) is 34.1 Å². The lowest BCUT2D eigenvalue weighted by molar-refractivity contribution is -0.146. The maximum absolute atomic E-state index is 15.2. The van der Waals surface area contributed by atoms with E-state index in [2.05, 4.69) is 95.7 Å². The summed E-state index contributed by atoms with van der Waals surface area (Å²) in [5.74, 6) is -16.5. The molecule has 0 saturated carbocycles. The van der Waals surface area contributed by atoms with Crippen molar-refractivity contribution in [3.05, 3.63) is 0 Å². The van der Waals surface area contributed by atoms with Gasteiger partial charge in [-0.2, -0.15) is 0 Å². The van der Waals surface area contributed by atoms with Crippen molar-refractivity contribution in [3.63, 3.8) is 0 Å². The van der Waals surface area contributed by atoms with Crippen LogP contribution in [0.15, 0.2) is 0 Å². The first-order valence-electron chi connectivity index (χ1n) is 49.4. The normalized spacial score (nSPS) is 18.6. The smallest absolute Gasteiger partial charge is 0.326 e. The molecule has 16 atom stereocenters. The number of likely N-dealkylation sites (tertiary alicyclic amines) is 5. The zero-order valence-electron chi connectivity index (χ0n) is 82.9. The Hall–Kier alpha value is -14.4. The van der Waals surface area contributed by atoms with Crippen molar-refractivity contribution in [1.29, 1.82) is 43.3 Å². The molecular weight excluding hydrogens is 1880 g/mol. The third-order valence-corrected chi connectivity index (χ3v) is 25.4. The van der Waals surface area contributed by atoms with E-state index in [4.69, 9.17) is 94.9 Å². The predicted octanol–water partition coefficient (Wildman–Crippen LogP) is -9.97. The highest BCUT2D eigenvalue weighted by Crippen LogP contribution is 2.28. The van der Waals surface area contributed by atoms with E-state index in [9.17, 15) is 67.4 Å². The highest BCUT2D eigenvalue weighted by molar-refractivity contribution is 6.02. The first kappa shape index (κ1) is 120. The molecule has 0 aromatic carbocycles. The number of aliphatic carboxylic acids is 1. The highest BCUT2D eigenvalue weighted by atomic mass is 16.4. The van der Waals surface area contributed by atoms with Crippen LogP contribution in [0.5, 0.6) is 0 Å². The molecule has 5 heterocycles. The molecule has 0 unspecified atom stereocenters. The number of carbonyl (C=O) groups is 16. The van der Waals surface area contributed by atoms with E-state index in [1.54, 1.807) is 27.7 Å². The van der Waals surface area contributed by atoms with Crippen molar-refractivity contribution in [1.82, 2.24) is 120 Å². The van der Waals surface area contributed by atoms with Gasteiger partial charge in [-0.3, -0.25) is 115 Å². The molecule has 0 radical (unpaired) electrons. The predicted molar refractivity (Wildman–Crippen MR) is 532 cm³/mol. The summed E-state index contributed by atoms with van der Waals surface area (Å²) in [6.45, 7) is 7.23. The number of carboxylic acid groups (broad SMARTS) is 1. The molecule has 57 heteroatoms. The van der Waals surface area contributed by atoms with Gasteiger partial charge in [0.05, 0.1) is 12.6 Å². The van der Waals surface area contributed by atoms with Crippen molar-refractivity contribution < 1.29 is 81.8 Å². The van der Waals surface area contributed by atoms with Gasteiger partial charge >= 0.3 is 5.97 Å². The molecule has 5 rings (SSSR count). The fourth-order valence-corrected chi connectivity index (χ4v) is 17.8. The topological polar surface area (TPSA) is 951 Å². The second kappa shape index (κ2) is 62.1. The van der Waals surface area contributed by atoms with Crippen molar-refractivity contribution in [2.24, 2.45) is 63.4 Å². The Bertz CT molecular complexity index is 4450. The van der Waals surface area contributed by atoms with Crippen LogP contribution in [0.4, 0.5) is 0 Å². The van der Waals surface area contributed by atoms with E-state index >= 15 is 14.4 Å². The molecule has 0 aliphatic carbocycles. The fraction of sp³-hybridized carbons (Fsp3) is 0.724. The maximum atomic E-state index is 15.2. The third kappa shape index (κ3) is 41.3. The number of rotatable bonds is 62. The molecule has 0 bridgehead atoms. The van der Waals surface area contributed by atoms with Crippen LogP contribution in [0.25, 0.3) is 0 Å². The number of nitrogens with two attached hydrogens (primary N) is 9. The van der Waals surface area contributed by atoms with Crippen LogP contribution in [-0.4, -0.2) is 354 Å². The van der Waals surface area contributed by atoms with Gasteiger partial charge in [-0.05, 0) is 185 Å². The van der Waals surface area contributed by atoms with Crippen LogP contribution in [0.2, 0.25) is 0 Å². The highest BCUT2D eigenvalue weighted by Gasteiger charge is 2.47. The molecular formula is C87H158N40O17. The maximum Gasteiger partial charge on any atom is 0.326 e. The number of nitrogens with zero attached hydrogens (tertiary/aromatic N) is 5. The number of carbonyl (C=O) groups excluding carboxylic acids is 15. The lowest BCUT2D eigenvalue weighted by Crippen LogP contribution is -2.60. The van der Waals surface area contributed by atoms with E-state index in [1.165, 1.54) is 24.5 Å². The van der Waals surface area contributed by atoms with Crippen molar-refractivity contribution in [2.45, 2.75) is 298 Å². The van der Waals surface area contributed by atoms with Gasteiger partial charge in [0.1, 0.15) is 84.6 Å². The Morgan fingerprint density at radius 1 is 0.299 bits per heavy atom. The van der Waals surface area contributed by atoms with Crippen LogP contribution < -0.4 is 147 Å². The van der Waals surface area contributed by atoms with Gasteiger partial charge in [0.25, 0.3) is 0 Å². The van der Waals surface area contributed by atoms with Crippen LogP contribution >= 0.6 is 0 Å². The summed E-state index contributed by atoms with van der Waals surface area (Å²) in [7, 11) is 0. The summed E-state index contributed by atoms with van der Waals surface area (Å²) in [6, 6.07) is -19.4. The van der Waals surface area contributed by atoms with E-state index in [1.807, 2.05) is 0 Å². The SMILES string of the molecule is CC[C@H](C)[C@H](NC(=O)[C@H](CCCNC(=N)N)NC(=O)[C@@H](N)CCCNC(=N)N)C(=O)N[C@@H](CCCNC(=N)N)C(=O)N1CCC[C@H]1C(=O)N[C@@H](CCCNC(=N)N)C(=O)NCC(=O)N1CCC[C@H]1C(=O)N[C@@H](CCCNC(=N)N)C(=O)N[C@@H](CC(C)C)C(=O)N1CCC[C@H]1C(=O)N[C@@H](CCCNC(=N)N)C(=O)N1CCC[C@H]1C(=O)N[C@@H](CCCNC(=N)N)C(=O)N1CCC[C@H]1C(=O)N[C@@H](CCCNC(=N)N)C(=O)O. The lowest BCUT2D eigenvalue weighted by atomic mass is 9.96. The zero-order chi connectivity index (χ0) is 107. The van der Waals surface area contributed by atoms with E-state index in [-0.39, 0.29) is 281 Å². The summed E-state index contributed by atoms with van der Waals surface area (Å²) in [5, 5.41) is 119. The second-order valence-electron chi connectivity index (χ2n) is 37.0. The largest absolute Gasteiger partial charge is 0.480 e. The first-order valence-corrected chi connectivity index (χ1v) is 49.4. The van der Waals surface area contributed by atoms with Crippen LogP contribution in [0.1, 0.15) is 207 Å². The molecule has 5 saturated heterocycles. The monoisotopic (exact) mass is 2040 g/mol. The summed E-state index contributed by atoms with van der Waals surface area (Å²) in [4.78, 5) is 238. The number of hydrogen-bond acceptors (Lipinski definition) is 25. The van der Waals surface area contributed by atoms with Crippen LogP contribution in [0.3, 0.4) is 0 Å². The molecule has 144 heavy (non-hydrogen) atoms. The Morgan fingerprint density at radius 3 is 0.854 bits per heavy atom. The number of amides is 15. The fourth-order valence-electron chi connectivity index (χ4n) is 17.8. The number of hydrogen-bond donors (Lipinski definition) is 36. The molecule has 0 spiro atoms. The molecule has 5 aliphatic rings. The summed E-state index contributed by atoms with van der Waals surface area (Å²) in [6.07, 6.45) is 3.35. The number of carboxylic acids is 1. The minimum atomic E-state index is -1.43. The van der Waals surface area contributed by atoms with E-state index in [0.29, 0.717) is 25.7 Å². The van der Waals surface area contributed by atoms with Gasteiger partial charge in [0.2, 0.25) is 88.6 Å². The standard InChI is InChI=1S/C87H158N40O17/c1-5-48(4)64(122-68(132)52(22-9-35-108-83(95)96)114-65(129)49(88)19-6-32-105-80(89)90)74(138)119-55(25-12-38-111-86(101)102)77(141)124-41-15-28-59(124)70(134)115-50(20-7-33-106-81(91)92)66(130)113-46-63(128)123-40-14-27-58(123)69(133)116-51(21-8-34-107-82(93)94)67(131)121-57(45-47(2)3)78(142)127-44-18-30-61(127)72(136)118-53(23-10-36-109-84(97)98)75(139)125-42-16-29-60(125)71(135)117-54(24-11-37-110-85(99)100)76(140)126-43-17-31-62(126)73(137)120-56(79(143)144)26-13-39-112-87(103)104/h47-62,64H,5-46,88H2,1-4H3,(H,113,130)(H,114,129)(H,115,134)(H,116,133)(H,117,135)(H,118,136)(H,119,138)(H,120,137)(H,121,131)(H,122,132)(H,143,144)(H4,89,90,105)(H4,91,92,106)(H4,93,94,107)(H4,95,96,108)(H4,97,98,109)(H4,99,100,110)(H4,101,102,111)(H4,103,104,112)/t48-,49-,50-,51-,52-,53-,54-,55-,56-,57-,58-,59-,60-,61-,62-,64-/m0/s1. The second-order valence-corrected chi connectivity index (χ2v) is 37.0. The van der Waals surface area contributed by atoms with Crippen LogP contribution in [-0.2, 0) is 76.7 Å². The summed E-state index contributed by atoms with van der Waals surface area (Å²) < 4.78 is 0. The van der Waals surface area contributed by atoms with Gasteiger partial charge < -0.3 is 177 Å². The molecule has 5 fully saturated rings. The van der Waals surface area contributed by atoms with Gasteiger partial charge in [-0.25, -0.2) is 4.79 Å². The van der Waals surface area contributed by atoms with Crippen LogP contribution in [0, 0.1) is 55.1 Å². The van der Waals surface area contributed by atoms with Crippen molar-refractivity contribution in [2.75, 3.05) is 91.6 Å². The molecule has 45 N–H and O–H groups in total. The Labute approximate surface area is 837 Å². The molecule has 57 nitrogen and oxygen atoms in total. The molecule has 808 valence electrons. The van der Waals surface area contributed by atoms with Gasteiger partial charge in [-0.15, -0.1) is 0 Å². The number of guanidine groups is 8. The first-order chi connectivity index (χ1) is 68.2. The van der Waals surface area contributed by atoms with Crippen molar-refractivity contribution >= 4 is 142 Å². The third-order valence-electron chi connectivity index (χ3n) is 25.4. The van der Waals surface area contributed by atoms with E-state index in [0.717, 1.165) is 0 Å². The molecule has 0 aromatic rings. The molecule has 15 amide bonds. The Kier molecular flexibility index (Phi) is 51.8. The summed E-state index contributed by atoms with van der Waals surface area (Å²) >= 11 is 0. The summed E-state index contributed by atoms with van der Waals surface area (Å²) in [5.41, 5.74) is 50.4. The molecule has 5 aliphatic heterocycles. The minimum Gasteiger partial charge on any atom is -0.480 e. The van der Waals surface area contributed by atoms with Crippen molar-refractivity contribution in [3.8, 4) is 0 Å². The average Bonchev–Trinajstić information content (AvgIpc) is 1.64.